The molecule has 7 nitrogen and oxygen atoms in total. The molecule has 0 N–H and O–H groups in total. The van der Waals surface area contributed by atoms with Crippen molar-refractivity contribution in [1.29, 1.82) is 0 Å². The molecule has 3 aromatic rings. The molecule has 2 aromatic carbocycles. The van der Waals surface area contributed by atoms with Gasteiger partial charge < -0.3 is 19.0 Å². The number of ether oxygens (including phenoxy) is 1. The molecule has 1 fully saturated rings. The molecule has 1 saturated heterocycles. The van der Waals surface area contributed by atoms with Crippen LogP contribution < -0.4 is 9.64 Å². The smallest absolute Gasteiger partial charge is 0.277 e. The number of anilines is 1. The van der Waals surface area contributed by atoms with Crippen molar-refractivity contribution in [2.24, 2.45) is 0 Å². The molecule has 0 radical (unpaired) electrons. The number of thioether (sulfide) groups is 1. The van der Waals surface area contributed by atoms with E-state index in [-0.39, 0.29) is 24.1 Å². The number of piperazine rings is 1. The zero-order chi connectivity index (χ0) is 22.5. The zero-order valence-electron chi connectivity index (χ0n) is 18.1. The average Bonchev–Trinajstić information content (AvgIpc) is 3.26. The highest BCUT2D eigenvalue weighted by Crippen LogP contribution is 2.22. The van der Waals surface area contributed by atoms with Crippen molar-refractivity contribution in [3.8, 4) is 5.75 Å². The summed E-state index contributed by atoms with van der Waals surface area (Å²) in [5, 5.41) is 8.35. The number of aromatic nitrogens is 2. The number of hydrogen-bond acceptors (Lipinski definition) is 7. The van der Waals surface area contributed by atoms with Crippen molar-refractivity contribution in [3.63, 3.8) is 0 Å². The van der Waals surface area contributed by atoms with E-state index < -0.39 is 0 Å². The van der Waals surface area contributed by atoms with Crippen LogP contribution in [-0.4, -0.2) is 52.9 Å². The summed E-state index contributed by atoms with van der Waals surface area (Å²) >= 11 is 1.23. The number of halogens is 1. The zero-order valence-corrected chi connectivity index (χ0v) is 18.9. The van der Waals surface area contributed by atoms with Gasteiger partial charge in [-0.15, -0.1) is 10.2 Å². The summed E-state index contributed by atoms with van der Waals surface area (Å²) in [5.74, 6) is 1.16. The minimum atomic E-state index is -0.249. The quantitative estimate of drug-likeness (QED) is 0.500. The largest absolute Gasteiger partial charge is 0.484 e. The van der Waals surface area contributed by atoms with Gasteiger partial charge in [-0.25, -0.2) is 4.39 Å². The van der Waals surface area contributed by atoms with Gasteiger partial charge in [-0.05, 0) is 55.3 Å². The molecule has 9 heteroatoms. The van der Waals surface area contributed by atoms with Gasteiger partial charge in [0.1, 0.15) is 11.6 Å². The van der Waals surface area contributed by atoms with Crippen LogP contribution in [0.25, 0.3) is 0 Å². The summed E-state index contributed by atoms with van der Waals surface area (Å²) in [4.78, 5) is 16.5. The van der Waals surface area contributed by atoms with E-state index in [9.17, 15) is 9.18 Å². The fourth-order valence-corrected chi connectivity index (χ4v) is 4.12. The topological polar surface area (TPSA) is 71.7 Å². The van der Waals surface area contributed by atoms with E-state index in [0.717, 1.165) is 22.6 Å². The van der Waals surface area contributed by atoms with Gasteiger partial charge in [-0.3, -0.25) is 4.79 Å². The first kappa shape index (κ1) is 22.1. The number of carbonyl (C=O) groups is 1. The van der Waals surface area contributed by atoms with Crippen LogP contribution in [0.3, 0.4) is 0 Å². The Morgan fingerprint density at radius 1 is 1.09 bits per heavy atom. The van der Waals surface area contributed by atoms with E-state index >= 15 is 0 Å². The predicted molar refractivity (Wildman–Crippen MR) is 120 cm³/mol. The number of amides is 1. The van der Waals surface area contributed by atoms with Gasteiger partial charge >= 0.3 is 0 Å². The van der Waals surface area contributed by atoms with E-state index in [1.165, 1.54) is 23.9 Å². The number of benzene rings is 2. The molecular weight excluding hydrogens is 431 g/mol. The van der Waals surface area contributed by atoms with Crippen molar-refractivity contribution in [1.82, 2.24) is 15.1 Å². The second-order valence-electron chi connectivity index (χ2n) is 7.65. The summed E-state index contributed by atoms with van der Waals surface area (Å²) < 4.78 is 24.5. The lowest BCUT2D eigenvalue weighted by Crippen LogP contribution is -2.49. The Bertz CT molecular complexity index is 1070. The maximum absolute atomic E-state index is 13.1. The van der Waals surface area contributed by atoms with Crippen LogP contribution in [0.15, 0.2) is 52.1 Å². The average molecular weight is 457 g/mol. The Kier molecular flexibility index (Phi) is 6.94. The van der Waals surface area contributed by atoms with Crippen molar-refractivity contribution >= 4 is 23.4 Å². The van der Waals surface area contributed by atoms with Crippen LogP contribution in [0, 0.1) is 19.7 Å². The molecule has 1 aliphatic rings. The van der Waals surface area contributed by atoms with Crippen LogP contribution in [0.1, 0.15) is 17.0 Å². The van der Waals surface area contributed by atoms with Crippen LogP contribution >= 0.6 is 11.8 Å². The van der Waals surface area contributed by atoms with E-state index in [4.69, 9.17) is 9.15 Å². The molecule has 1 aromatic heterocycles. The first-order chi connectivity index (χ1) is 15.5. The van der Waals surface area contributed by atoms with Crippen molar-refractivity contribution in [2.45, 2.75) is 25.7 Å². The van der Waals surface area contributed by atoms with Gasteiger partial charge in [0.2, 0.25) is 5.91 Å². The molecular formula is C23H25FN4O3S. The van der Waals surface area contributed by atoms with Gasteiger partial charge in [0, 0.05) is 31.9 Å². The molecule has 0 atom stereocenters. The van der Waals surface area contributed by atoms with E-state index in [1.54, 1.807) is 12.1 Å². The second-order valence-corrected chi connectivity index (χ2v) is 8.58. The summed E-state index contributed by atoms with van der Waals surface area (Å²) in [6.45, 7) is 6.83. The van der Waals surface area contributed by atoms with E-state index in [2.05, 4.69) is 15.1 Å². The molecule has 4 rings (SSSR count). The summed E-state index contributed by atoms with van der Waals surface area (Å²) in [6.07, 6.45) is 0. The van der Waals surface area contributed by atoms with Gasteiger partial charge in [-0.1, -0.05) is 23.9 Å². The van der Waals surface area contributed by atoms with Gasteiger partial charge in [-0.2, -0.15) is 0 Å². The van der Waals surface area contributed by atoms with Crippen LogP contribution in [0.2, 0.25) is 0 Å². The monoisotopic (exact) mass is 456 g/mol. The minimum absolute atomic E-state index is 0.0279. The predicted octanol–water partition coefficient (Wildman–Crippen LogP) is 3.85. The fourth-order valence-electron chi connectivity index (χ4n) is 3.44. The molecule has 0 aliphatic carbocycles. The third-order valence-corrected chi connectivity index (χ3v) is 6.09. The maximum Gasteiger partial charge on any atom is 0.277 e. The molecule has 1 amide bonds. The van der Waals surface area contributed by atoms with E-state index in [0.29, 0.717) is 37.3 Å². The number of carbonyl (C=O) groups excluding carboxylic acids is 1. The molecule has 0 bridgehead atoms. The standard InChI is InChI=1S/C23H25FN4O3S/c1-16-3-4-17(2)20(13-16)30-14-21-25-26-23(31-21)32-15-22(29)28-11-9-27(10-12-28)19-7-5-18(24)6-8-19/h3-8,13H,9-12,14-15H2,1-2H3. The number of hydrogen-bond donors (Lipinski definition) is 0. The number of nitrogens with zero attached hydrogens (tertiary/aromatic N) is 4. The molecule has 1 aliphatic heterocycles. The Labute approximate surface area is 190 Å². The number of rotatable bonds is 7. The second kappa shape index (κ2) is 10.0. The van der Waals surface area contributed by atoms with Crippen molar-refractivity contribution in [2.75, 3.05) is 36.8 Å². The number of aryl methyl sites for hydroxylation is 2. The lowest BCUT2D eigenvalue weighted by Gasteiger charge is -2.36. The van der Waals surface area contributed by atoms with Crippen molar-refractivity contribution < 1.29 is 18.3 Å². The lowest BCUT2D eigenvalue weighted by atomic mass is 10.1. The van der Waals surface area contributed by atoms with Gasteiger partial charge in [0.25, 0.3) is 11.1 Å². The van der Waals surface area contributed by atoms with Crippen molar-refractivity contribution in [3.05, 3.63) is 65.3 Å². The highest BCUT2D eigenvalue weighted by atomic mass is 32.2. The summed E-state index contributed by atoms with van der Waals surface area (Å²) in [5.41, 5.74) is 3.12. The molecule has 2 heterocycles. The highest BCUT2D eigenvalue weighted by molar-refractivity contribution is 7.99. The van der Waals surface area contributed by atoms with Gasteiger partial charge in [0.05, 0.1) is 5.75 Å². The fraction of sp³-hybridized carbons (Fsp3) is 0.348. The first-order valence-corrected chi connectivity index (χ1v) is 11.4. The van der Waals surface area contributed by atoms with Crippen LogP contribution in [-0.2, 0) is 11.4 Å². The lowest BCUT2D eigenvalue weighted by molar-refractivity contribution is -0.128. The Balaban J connectivity index is 1.22. The molecule has 32 heavy (non-hydrogen) atoms. The Hall–Kier alpha value is -3.07. The Morgan fingerprint density at radius 2 is 1.84 bits per heavy atom. The van der Waals surface area contributed by atoms with Crippen LogP contribution in [0.4, 0.5) is 10.1 Å². The molecule has 0 unspecified atom stereocenters. The molecule has 0 spiro atoms. The molecule has 168 valence electrons. The highest BCUT2D eigenvalue weighted by Gasteiger charge is 2.22. The summed E-state index contributed by atoms with van der Waals surface area (Å²) in [7, 11) is 0. The SMILES string of the molecule is Cc1ccc(C)c(OCc2nnc(SCC(=O)N3CCN(c4ccc(F)cc4)CC3)o2)c1. The minimum Gasteiger partial charge on any atom is -0.484 e. The third kappa shape index (κ3) is 5.59. The summed E-state index contributed by atoms with van der Waals surface area (Å²) in [6, 6.07) is 12.4. The van der Waals surface area contributed by atoms with E-state index in [1.807, 2.05) is 36.9 Å². The normalized spacial score (nSPS) is 14.0. The first-order valence-electron chi connectivity index (χ1n) is 10.4. The molecule has 0 saturated carbocycles. The third-order valence-electron chi connectivity index (χ3n) is 5.29. The van der Waals surface area contributed by atoms with Gasteiger partial charge in [0.15, 0.2) is 6.61 Å². The van der Waals surface area contributed by atoms with Crippen LogP contribution in [0.5, 0.6) is 5.75 Å². The maximum atomic E-state index is 13.1. The Morgan fingerprint density at radius 3 is 2.59 bits per heavy atom.